The number of amides is 3. The van der Waals surface area contributed by atoms with E-state index in [0.717, 1.165) is 0 Å². The molecule has 0 fully saturated rings. The van der Waals surface area contributed by atoms with Crippen LogP contribution in [0.5, 0.6) is 0 Å². The first-order valence-corrected chi connectivity index (χ1v) is 26.3. The van der Waals surface area contributed by atoms with Gasteiger partial charge in [-0.25, -0.2) is 4.79 Å². The van der Waals surface area contributed by atoms with Crippen LogP contribution in [-0.2, 0) is 96.7 Å². The second-order valence-electron chi connectivity index (χ2n) is 16.5. The molecule has 0 saturated heterocycles. The smallest absolute Gasteiger partial charge is 0.405 e. The van der Waals surface area contributed by atoms with Crippen LogP contribution in [0.15, 0.2) is 18.2 Å². The minimum atomic E-state index is -1.34. The van der Waals surface area contributed by atoms with E-state index in [0.29, 0.717) is 228 Å². The molecule has 0 heterocycles. The third-order valence-electron chi connectivity index (χ3n) is 9.94. The number of hydrogen-bond acceptors (Lipinski definition) is 21. The van der Waals surface area contributed by atoms with Gasteiger partial charge in [0.2, 0.25) is 11.8 Å². The lowest BCUT2D eigenvalue weighted by Gasteiger charge is -2.22. The van der Waals surface area contributed by atoms with Gasteiger partial charge in [-0.15, -0.1) is 0 Å². The second-order valence-corrected chi connectivity index (χ2v) is 16.5. The molecule has 1 aromatic rings. The summed E-state index contributed by atoms with van der Waals surface area (Å²) in [5, 5.41) is 26.2. The maximum absolute atomic E-state index is 12.8. The van der Waals surface area contributed by atoms with E-state index in [1.165, 1.54) is 6.92 Å². The van der Waals surface area contributed by atoms with E-state index in [2.05, 4.69) is 27.8 Å². The molecule has 0 aliphatic heterocycles. The van der Waals surface area contributed by atoms with Crippen LogP contribution in [-0.4, -0.2) is 265 Å². The van der Waals surface area contributed by atoms with Gasteiger partial charge in [-0.3, -0.25) is 9.59 Å². The largest absolute Gasteiger partial charge is 0.465 e. The number of carbonyl (C=O) groups is 3. The van der Waals surface area contributed by atoms with Gasteiger partial charge in [0.25, 0.3) is 0 Å². The molecule has 25 heteroatoms. The second kappa shape index (κ2) is 54.2. The average molecular weight is 1110 g/mol. The molecule has 3 amide bonds. The van der Waals surface area contributed by atoms with Crippen LogP contribution in [0.1, 0.15) is 31.9 Å². The van der Waals surface area contributed by atoms with Crippen molar-refractivity contribution in [2.24, 2.45) is 5.92 Å². The minimum absolute atomic E-state index is 0.116. The van der Waals surface area contributed by atoms with Crippen molar-refractivity contribution in [3.63, 3.8) is 0 Å². The molecule has 0 spiro atoms. The van der Waals surface area contributed by atoms with Gasteiger partial charge in [-0.1, -0.05) is 31.8 Å². The molecule has 0 saturated carbocycles. The molecule has 25 nitrogen and oxygen atoms in total. The van der Waals surface area contributed by atoms with Crippen LogP contribution in [0, 0.1) is 17.8 Å². The highest BCUT2D eigenvalue weighted by Gasteiger charge is 2.27. The predicted octanol–water partition coefficient (Wildman–Crippen LogP) is 1.18. The van der Waals surface area contributed by atoms with Crippen LogP contribution < -0.4 is 16.0 Å². The molecule has 0 aromatic heterocycles. The summed E-state index contributed by atoms with van der Waals surface area (Å²) in [5.74, 6) is 4.37. The summed E-state index contributed by atoms with van der Waals surface area (Å²) in [5.41, 5.74) is 1.45. The van der Waals surface area contributed by atoms with Crippen LogP contribution >= 0.6 is 0 Å². The Morgan fingerprint density at radius 3 is 1.05 bits per heavy atom. The molecule has 0 bridgehead atoms. The first-order valence-electron chi connectivity index (χ1n) is 26.3. The highest BCUT2D eigenvalue weighted by atomic mass is 16.6. The van der Waals surface area contributed by atoms with E-state index in [9.17, 15) is 19.5 Å². The van der Waals surface area contributed by atoms with Crippen LogP contribution in [0.4, 0.5) is 10.5 Å². The van der Waals surface area contributed by atoms with Crippen molar-refractivity contribution < 1.29 is 105 Å². The maximum Gasteiger partial charge on any atom is 0.405 e. The maximum atomic E-state index is 12.8. The lowest BCUT2D eigenvalue weighted by Crippen LogP contribution is -2.53. The fourth-order valence-electron chi connectivity index (χ4n) is 5.89. The predicted molar refractivity (Wildman–Crippen MR) is 280 cm³/mol. The number of aliphatic hydroxyl groups is 1. The number of carbonyl (C=O) groups excluding carboxylic acids is 2. The number of methoxy groups -OCH3 is 1. The monoisotopic (exact) mass is 1110 g/mol. The highest BCUT2D eigenvalue weighted by Crippen LogP contribution is 2.16. The summed E-state index contributed by atoms with van der Waals surface area (Å²) in [7, 11) is 1.64. The van der Waals surface area contributed by atoms with E-state index in [-0.39, 0.29) is 19.1 Å². The quantitative estimate of drug-likeness (QED) is 0.0452. The summed E-state index contributed by atoms with van der Waals surface area (Å²) in [6.45, 7) is 19.8. The molecular weight excluding hydrogens is 1020 g/mol. The number of carboxylic acid groups (broad SMARTS) is 1. The Labute approximate surface area is 455 Å². The number of ether oxygens (including phenoxy) is 17. The zero-order chi connectivity index (χ0) is 55.9. The van der Waals surface area contributed by atoms with E-state index in [1.54, 1.807) is 39.2 Å². The van der Waals surface area contributed by atoms with Gasteiger partial charge in [0.15, 0.2) is 0 Å². The van der Waals surface area contributed by atoms with Crippen LogP contribution in [0.25, 0.3) is 0 Å². The number of rotatable bonds is 56. The van der Waals surface area contributed by atoms with Gasteiger partial charge in [0.1, 0.15) is 18.7 Å². The molecule has 0 aliphatic rings. The first-order chi connectivity index (χ1) is 37.7. The van der Waals surface area contributed by atoms with E-state index in [1.807, 2.05) is 0 Å². The van der Waals surface area contributed by atoms with Crippen molar-refractivity contribution in [3.8, 4) is 11.8 Å². The SMILES string of the molecule is COCCOCCOCCOCCOCCOCCOCCOCCOCCOCCOCCOCCOCCOCCOCCOCCOCC#Cc1cc(NC(=O)[C@H](C)NC(=O)[C@@H](NC(=O)O)C(C)C)ccc1CO. The molecule has 1 aromatic carbocycles. The first kappa shape index (κ1) is 71.3. The van der Waals surface area contributed by atoms with Crippen molar-refractivity contribution in [2.45, 2.75) is 39.5 Å². The lowest BCUT2D eigenvalue weighted by atomic mass is 10.0. The number of anilines is 1. The van der Waals surface area contributed by atoms with Gasteiger partial charge in [0.05, 0.1) is 218 Å². The van der Waals surface area contributed by atoms with Crippen molar-refractivity contribution in [2.75, 3.05) is 230 Å². The topological polar surface area (TPSA) is 285 Å². The van der Waals surface area contributed by atoms with Gasteiger partial charge in [-0.05, 0) is 30.5 Å². The van der Waals surface area contributed by atoms with E-state index >= 15 is 0 Å². The molecular formula is C52H91N3O22. The standard InChI is InChI=1S/C52H91N3O22/c1-44(2)49(55-52(59)60)51(58)53-45(3)50(57)54-48-8-7-47(43-56)46(42-48)6-5-9-62-12-13-64-16-17-66-20-21-68-24-25-70-28-29-72-32-33-74-36-37-76-40-41-77-39-38-75-35-34-73-31-30-71-27-26-69-23-22-67-19-18-65-15-14-63-11-10-61-4/h7-8,42,44-45,49,55-56H,9-41,43H2,1-4H3,(H,53,58)(H,54,57)(H,59,60)/t45-,49-/m0/s1. The third-order valence-corrected chi connectivity index (χ3v) is 9.94. The van der Waals surface area contributed by atoms with Crippen LogP contribution in [0.2, 0.25) is 0 Å². The fraction of sp³-hybridized carbons (Fsp3) is 0.788. The summed E-state index contributed by atoms with van der Waals surface area (Å²) >= 11 is 0. The van der Waals surface area contributed by atoms with E-state index in [4.69, 9.17) is 85.6 Å². The number of aliphatic hydroxyl groups excluding tert-OH is 1. The molecule has 0 aliphatic carbocycles. The van der Waals surface area contributed by atoms with E-state index < -0.39 is 30.0 Å². The normalized spacial score (nSPS) is 12.1. The molecule has 0 radical (unpaired) electrons. The van der Waals surface area contributed by atoms with Crippen LogP contribution in [0.3, 0.4) is 0 Å². The van der Waals surface area contributed by atoms with Crippen molar-refractivity contribution in [1.29, 1.82) is 0 Å². The Morgan fingerprint density at radius 2 is 0.766 bits per heavy atom. The zero-order valence-corrected chi connectivity index (χ0v) is 46.1. The molecule has 5 N–H and O–H groups in total. The minimum Gasteiger partial charge on any atom is -0.465 e. The fourth-order valence-corrected chi connectivity index (χ4v) is 5.89. The molecule has 0 unspecified atom stereocenters. The van der Waals surface area contributed by atoms with Crippen molar-refractivity contribution >= 4 is 23.6 Å². The summed E-state index contributed by atoms with van der Waals surface area (Å²) < 4.78 is 92.7. The van der Waals surface area contributed by atoms with Gasteiger partial charge in [0, 0.05) is 18.4 Å². The Bertz CT molecular complexity index is 1610. The number of nitrogens with one attached hydrogen (secondary N) is 3. The summed E-state index contributed by atoms with van der Waals surface area (Å²) in [4.78, 5) is 36.4. The van der Waals surface area contributed by atoms with Gasteiger partial charge < -0.3 is 107 Å². The Morgan fingerprint density at radius 1 is 0.455 bits per heavy atom. The summed E-state index contributed by atoms with van der Waals surface area (Å²) in [6, 6.07) is 2.87. The van der Waals surface area contributed by atoms with Gasteiger partial charge >= 0.3 is 6.09 Å². The summed E-state index contributed by atoms with van der Waals surface area (Å²) in [6.07, 6.45) is -1.34. The zero-order valence-electron chi connectivity index (χ0n) is 46.1. The molecule has 2 atom stereocenters. The highest BCUT2D eigenvalue weighted by molar-refractivity contribution is 5.98. The molecule has 1 rings (SSSR count). The van der Waals surface area contributed by atoms with Crippen molar-refractivity contribution in [3.05, 3.63) is 29.3 Å². The molecule has 446 valence electrons. The Balaban J connectivity index is 1.81. The van der Waals surface area contributed by atoms with Crippen molar-refractivity contribution in [1.82, 2.24) is 10.6 Å². The van der Waals surface area contributed by atoms with Gasteiger partial charge in [-0.2, -0.15) is 0 Å². The average Bonchev–Trinajstić information content (AvgIpc) is 3.41. The Hall–Kier alpha value is -3.73. The lowest BCUT2D eigenvalue weighted by molar-refractivity contribution is -0.128. The number of hydrogen-bond donors (Lipinski definition) is 5. The number of benzene rings is 1. The molecule has 77 heavy (non-hydrogen) atoms. The Kier molecular flexibility index (Phi) is 50.2. The third kappa shape index (κ3) is 45.8.